The Morgan fingerprint density at radius 3 is 2.64 bits per heavy atom. The number of carbonyl (C=O) groups is 3. The Morgan fingerprint density at radius 1 is 1.19 bits per heavy atom. The first-order valence-corrected chi connectivity index (χ1v) is 12.7. The molecule has 0 aromatic heterocycles. The molecule has 0 fully saturated rings. The maximum absolute atomic E-state index is 13.5. The van der Waals surface area contributed by atoms with Gasteiger partial charge in [-0.05, 0) is 54.9 Å². The lowest BCUT2D eigenvalue weighted by atomic mass is 9.88. The number of methoxy groups -OCH3 is 1. The molecule has 3 aliphatic heterocycles. The van der Waals surface area contributed by atoms with E-state index in [1.165, 1.54) is 7.11 Å². The number of hydrogen-bond acceptors (Lipinski definition) is 9. The number of rotatable bonds is 8. The summed E-state index contributed by atoms with van der Waals surface area (Å²) in [5.41, 5.74) is 1.39. The summed E-state index contributed by atoms with van der Waals surface area (Å²) in [5.74, 6) is -0.773. The number of hydrogen-bond donors (Lipinski definition) is 1. The van der Waals surface area contributed by atoms with Gasteiger partial charge >= 0.3 is 11.9 Å². The summed E-state index contributed by atoms with van der Waals surface area (Å²) < 4.78 is 21.8. The van der Waals surface area contributed by atoms with E-state index in [-0.39, 0.29) is 19.0 Å². The van der Waals surface area contributed by atoms with Gasteiger partial charge in [0.15, 0.2) is 23.2 Å². The molecule has 1 aliphatic carbocycles. The Balaban J connectivity index is 1.47. The molecule has 5 rings (SSSR count). The zero-order valence-electron chi connectivity index (χ0n) is 21.0. The van der Waals surface area contributed by atoms with Crippen molar-refractivity contribution in [2.45, 2.75) is 70.0 Å². The normalized spacial score (nSPS) is 23.4. The lowest BCUT2D eigenvalue weighted by Gasteiger charge is -2.31. The molecule has 9 nitrogen and oxygen atoms in total. The number of Topliss-reactive ketones (excluding diaryl/α,β-unsaturated/α-hetero) is 1. The zero-order chi connectivity index (χ0) is 25.6. The predicted octanol–water partition coefficient (Wildman–Crippen LogP) is 2.63. The van der Waals surface area contributed by atoms with Crippen LogP contribution in [0, 0.1) is 5.92 Å². The Hall–Kier alpha value is -3.07. The summed E-state index contributed by atoms with van der Waals surface area (Å²) in [6.07, 6.45) is 1.05. The lowest BCUT2D eigenvalue weighted by molar-refractivity contribution is -0.179. The summed E-state index contributed by atoms with van der Waals surface area (Å²) in [6, 6.07) is 3.83. The Bertz CT molecular complexity index is 1130. The minimum atomic E-state index is -2.07. The number of aliphatic hydroxyl groups is 1. The van der Waals surface area contributed by atoms with Crippen LogP contribution in [-0.2, 0) is 30.3 Å². The van der Waals surface area contributed by atoms with Gasteiger partial charge in [-0.1, -0.05) is 20.3 Å². The molecule has 36 heavy (non-hydrogen) atoms. The maximum Gasteiger partial charge on any atom is 0.339 e. The van der Waals surface area contributed by atoms with Crippen molar-refractivity contribution in [1.82, 2.24) is 4.90 Å². The molecule has 1 aromatic rings. The van der Waals surface area contributed by atoms with Crippen LogP contribution in [0.4, 0.5) is 0 Å². The average molecular weight is 500 g/mol. The van der Waals surface area contributed by atoms with E-state index in [1.807, 2.05) is 26.0 Å². The van der Waals surface area contributed by atoms with E-state index in [2.05, 4.69) is 4.90 Å². The fraction of sp³-hybridized carbons (Fsp3) is 0.593. The number of carbonyl (C=O) groups excluding carboxylic acids is 3. The summed E-state index contributed by atoms with van der Waals surface area (Å²) in [6.45, 7) is 5.72. The number of benzene rings is 1. The molecule has 0 spiro atoms. The van der Waals surface area contributed by atoms with Gasteiger partial charge in [-0.2, -0.15) is 0 Å². The van der Waals surface area contributed by atoms with Gasteiger partial charge in [0.2, 0.25) is 12.6 Å². The number of ketones is 1. The van der Waals surface area contributed by atoms with Crippen molar-refractivity contribution in [1.29, 1.82) is 0 Å². The molecule has 4 aliphatic rings. The Morgan fingerprint density at radius 2 is 1.92 bits per heavy atom. The molecule has 0 radical (unpaired) electrons. The van der Waals surface area contributed by atoms with Crippen LogP contribution in [-0.4, -0.2) is 66.4 Å². The van der Waals surface area contributed by atoms with Gasteiger partial charge in [-0.25, -0.2) is 4.79 Å². The van der Waals surface area contributed by atoms with E-state index in [0.717, 1.165) is 42.8 Å². The van der Waals surface area contributed by atoms with Crippen molar-refractivity contribution in [3.8, 4) is 11.5 Å². The highest BCUT2D eigenvalue weighted by atomic mass is 16.7. The largest absolute Gasteiger partial charge is 0.469 e. The zero-order valence-corrected chi connectivity index (χ0v) is 21.0. The lowest BCUT2D eigenvalue weighted by Crippen LogP contribution is -2.46. The van der Waals surface area contributed by atoms with E-state index < -0.39 is 36.0 Å². The first-order chi connectivity index (χ1) is 17.2. The van der Waals surface area contributed by atoms with E-state index in [1.54, 1.807) is 0 Å². The molecule has 194 valence electrons. The Kier molecular flexibility index (Phi) is 6.44. The summed E-state index contributed by atoms with van der Waals surface area (Å²) in [7, 11) is 1.21. The SMILES string of the molecule is COC(=O)C[C@](O)(CCCC(C)C)C(=O)O[C@@H]1C(=O)C2=C3[C@@H]1c1cc4c(cc1CCN3CC2)OCO4. The number of nitrogens with zero attached hydrogens (tertiary/aromatic N) is 1. The van der Waals surface area contributed by atoms with E-state index in [4.69, 9.17) is 18.9 Å². The van der Waals surface area contributed by atoms with Crippen LogP contribution >= 0.6 is 0 Å². The highest BCUT2D eigenvalue weighted by Gasteiger charge is 2.53. The standard InChI is InChI=1S/C27H33NO8/c1-15(2)5-4-8-27(32,13-21(29)33-3)26(31)36-25-22-18-12-20-19(34-14-35-20)11-16(18)6-9-28-10-7-17(23(22)28)24(25)30/h11-12,15,22,25,32H,4-10,13-14H2,1-3H3/t22-,25-,27+/m0/s1. The Labute approximate surface area is 210 Å². The maximum atomic E-state index is 13.5. The summed E-state index contributed by atoms with van der Waals surface area (Å²) in [4.78, 5) is 41.3. The van der Waals surface area contributed by atoms with E-state index in [9.17, 15) is 19.5 Å². The number of esters is 2. The van der Waals surface area contributed by atoms with E-state index >= 15 is 0 Å². The van der Waals surface area contributed by atoms with Gasteiger partial charge in [0.05, 0.1) is 19.4 Å². The van der Waals surface area contributed by atoms with Crippen molar-refractivity contribution in [3.63, 3.8) is 0 Å². The second-order valence-electron chi connectivity index (χ2n) is 10.5. The van der Waals surface area contributed by atoms with Crippen molar-refractivity contribution in [3.05, 3.63) is 34.5 Å². The predicted molar refractivity (Wildman–Crippen MR) is 127 cm³/mol. The second-order valence-corrected chi connectivity index (χ2v) is 10.5. The molecule has 0 unspecified atom stereocenters. The topological polar surface area (TPSA) is 112 Å². The van der Waals surface area contributed by atoms with Gasteiger partial charge < -0.3 is 29.0 Å². The fourth-order valence-corrected chi connectivity index (χ4v) is 5.81. The van der Waals surface area contributed by atoms with Crippen molar-refractivity contribution >= 4 is 17.7 Å². The first-order valence-electron chi connectivity index (χ1n) is 12.7. The van der Waals surface area contributed by atoms with Crippen LogP contribution in [0.2, 0.25) is 0 Å². The molecular weight excluding hydrogens is 466 g/mol. The van der Waals surface area contributed by atoms with Crippen LogP contribution in [0.25, 0.3) is 0 Å². The molecular formula is C27H33NO8. The molecule has 0 bridgehead atoms. The third-order valence-corrected chi connectivity index (χ3v) is 7.71. The first kappa shape index (κ1) is 24.6. The molecule has 0 amide bonds. The van der Waals surface area contributed by atoms with Crippen LogP contribution in [0.1, 0.15) is 63.0 Å². The van der Waals surface area contributed by atoms with Gasteiger partial charge in [0.25, 0.3) is 0 Å². The number of ether oxygens (including phenoxy) is 4. The summed E-state index contributed by atoms with van der Waals surface area (Å²) in [5, 5.41) is 11.3. The van der Waals surface area contributed by atoms with Gasteiger partial charge in [0.1, 0.15) is 0 Å². The highest BCUT2D eigenvalue weighted by Crippen LogP contribution is 2.50. The van der Waals surface area contributed by atoms with Crippen LogP contribution in [0.15, 0.2) is 23.4 Å². The van der Waals surface area contributed by atoms with Crippen molar-refractivity contribution < 1.29 is 38.4 Å². The summed E-state index contributed by atoms with van der Waals surface area (Å²) >= 11 is 0. The van der Waals surface area contributed by atoms with Gasteiger partial charge in [-0.15, -0.1) is 0 Å². The van der Waals surface area contributed by atoms with Crippen LogP contribution in [0.5, 0.6) is 11.5 Å². The molecule has 1 aromatic carbocycles. The quantitative estimate of drug-likeness (QED) is 0.540. The average Bonchev–Trinajstić information content (AvgIpc) is 3.50. The minimum absolute atomic E-state index is 0.0409. The van der Waals surface area contributed by atoms with Crippen LogP contribution < -0.4 is 9.47 Å². The second kappa shape index (κ2) is 9.42. The van der Waals surface area contributed by atoms with E-state index in [0.29, 0.717) is 35.8 Å². The molecule has 3 heterocycles. The van der Waals surface area contributed by atoms with Crippen molar-refractivity contribution in [2.75, 3.05) is 27.0 Å². The third-order valence-electron chi connectivity index (χ3n) is 7.71. The monoisotopic (exact) mass is 499 g/mol. The molecule has 1 N–H and O–H groups in total. The van der Waals surface area contributed by atoms with Gasteiger partial charge in [0, 0.05) is 24.4 Å². The minimum Gasteiger partial charge on any atom is -0.469 e. The highest BCUT2D eigenvalue weighted by molar-refractivity contribution is 6.05. The molecule has 9 heteroatoms. The molecule has 0 saturated heterocycles. The number of fused-ring (bicyclic) bond motifs is 3. The van der Waals surface area contributed by atoms with Crippen molar-refractivity contribution in [2.24, 2.45) is 5.92 Å². The molecule has 0 saturated carbocycles. The smallest absolute Gasteiger partial charge is 0.339 e. The fourth-order valence-electron chi connectivity index (χ4n) is 5.81. The van der Waals surface area contributed by atoms with Gasteiger partial charge in [-0.3, -0.25) is 9.59 Å². The third kappa shape index (κ3) is 4.23. The molecule has 3 atom stereocenters. The van der Waals surface area contributed by atoms with Crippen LogP contribution in [0.3, 0.4) is 0 Å².